The molecule has 1 saturated carbocycles. The van der Waals surface area contributed by atoms with Gasteiger partial charge in [0.2, 0.25) is 5.95 Å². The number of nitrogens with one attached hydrogen (secondary N) is 1. The molecule has 0 aliphatic heterocycles. The quantitative estimate of drug-likeness (QED) is 0.827. The van der Waals surface area contributed by atoms with E-state index in [0.29, 0.717) is 6.04 Å². The molecule has 1 unspecified atom stereocenters. The van der Waals surface area contributed by atoms with Crippen molar-refractivity contribution in [2.45, 2.75) is 59.0 Å². The number of aryl methyl sites for hydroxylation is 2. The number of imidazole rings is 1. The molecule has 1 atom stereocenters. The minimum atomic E-state index is 0.561. The van der Waals surface area contributed by atoms with Crippen molar-refractivity contribution in [1.82, 2.24) is 9.55 Å². The standard InChI is InChI=1S/C13H23N3/c1-4-8-16-9-10(2)14-13(16)15-11(3)12-6-5-7-12/h9,11-12H,4-8H2,1-3H3,(H,14,15). The minimum absolute atomic E-state index is 0.561. The normalized spacial score (nSPS) is 18.2. The largest absolute Gasteiger partial charge is 0.353 e. The van der Waals surface area contributed by atoms with Gasteiger partial charge in [-0.25, -0.2) is 4.98 Å². The van der Waals surface area contributed by atoms with Crippen LogP contribution in [-0.2, 0) is 6.54 Å². The lowest BCUT2D eigenvalue weighted by atomic mass is 9.80. The third kappa shape index (κ3) is 2.39. The topological polar surface area (TPSA) is 29.9 Å². The number of hydrogen-bond donors (Lipinski definition) is 1. The predicted molar refractivity (Wildman–Crippen MR) is 67.7 cm³/mol. The molecule has 1 N–H and O–H groups in total. The van der Waals surface area contributed by atoms with Gasteiger partial charge in [-0.3, -0.25) is 0 Å². The van der Waals surface area contributed by atoms with Crippen molar-refractivity contribution in [3.63, 3.8) is 0 Å². The van der Waals surface area contributed by atoms with Crippen LogP contribution in [0.4, 0.5) is 5.95 Å². The van der Waals surface area contributed by atoms with E-state index in [-0.39, 0.29) is 0 Å². The Hall–Kier alpha value is -0.990. The number of aromatic nitrogens is 2. The highest BCUT2D eigenvalue weighted by atomic mass is 15.2. The van der Waals surface area contributed by atoms with Gasteiger partial charge < -0.3 is 9.88 Å². The predicted octanol–water partition coefficient (Wildman–Crippen LogP) is 3.20. The van der Waals surface area contributed by atoms with E-state index in [1.807, 2.05) is 0 Å². The van der Waals surface area contributed by atoms with Crippen LogP contribution in [0.5, 0.6) is 0 Å². The molecule has 1 aliphatic rings. The zero-order valence-corrected chi connectivity index (χ0v) is 10.7. The summed E-state index contributed by atoms with van der Waals surface area (Å²) >= 11 is 0. The third-order valence-corrected chi connectivity index (χ3v) is 3.58. The minimum Gasteiger partial charge on any atom is -0.353 e. The van der Waals surface area contributed by atoms with Gasteiger partial charge in [0, 0.05) is 18.8 Å². The van der Waals surface area contributed by atoms with Crippen LogP contribution in [0.1, 0.15) is 45.2 Å². The van der Waals surface area contributed by atoms with Gasteiger partial charge in [-0.1, -0.05) is 13.3 Å². The molecule has 16 heavy (non-hydrogen) atoms. The Morgan fingerprint density at radius 1 is 1.56 bits per heavy atom. The maximum Gasteiger partial charge on any atom is 0.203 e. The van der Waals surface area contributed by atoms with Crippen molar-refractivity contribution in [2.75, 3.05) is 5.32 Å². The van der Waals surface area contributed by atoms with Gasteiger partial charge in [0.05, 0.1) is 5.69 Å². The average Bonchev–Trinajstić information content (AvgIpc) is 2.44. The first-order valence-electron chi connectivity index (χ1n) is 6.51. The molecular weight excluding hydrogens is 198 g/mol. The van der Waals surface area contributed by atoms with Crippen molar-refractivity contribution >= 4 is 5.95 Å². The maximum absolute atomic E-state index is 4.56. The van der Waals surface area contributed by atoms with Gasteiger partial charge in [-0.15, -0.1) is 0 Å². The molecule has 3 nitrogen and oxygen atoms in total. The van der Waals surface area contributed by atoms with Crippen LogP contribution in [0.3, 0.4) is 0 Å². The number of anilines is 1. The second-order valence-electron chi connectivity index (χ2n) is 5.02. The first-order chi connectivity index (χ1) is 7.70. The third-order valence-electron chi connectivity index (χ3n) is 3.58. The summed E-state index contributed by atoms with van der Waals surface area (Å²) in [6, 6.07) is 0.561. The van der Waals surface area contributed by atoms with E-state index in [9.17, 15) is 0 Å². The second-order valence-corrected chi connectivity index (χ2v) is 5.02. The SMILES string of the molecule is CCCn1cc(C)nc1NC(C)C1CCC1. The molecule has 0 bridgehead atoms. The zero-order chi connectivity index (χ0) is 11.5. The van der Waals surface area contributed by atoms with Crippen molar-refractivity contribution in [3.05, 3.63) is 11.9 Å². The van der Waals surface area contributed by atoms with Crippen LogP contribution in [0.25, 0.3) is 0 Å². The van der Waals surface area contributed by atoms with Crippen molar-refractivity contribution in [1.29, 1.82) is 0 Å². The van der Waals surface area contributed by atoms with Crippen LogP contribution in [-0.4, -0.2) is 15.6 Å². The van der Waals surface area contributed by atoms with Gasteiger partial charge in [0.25, 0.3) is 0 Å². The molecule has 0 aromatic carbocycles. The first kappa shape index (κ1) is 11.5. The molecule has 0 radical (unpaired) electrons. The van der Waals surface area contributed by atoms with E-state index in [1.54, 1.807) is 0 Å². The second kappa shape index (κ2) is 4.89. The monoisotopic (exact) mass is 221 g/mol. The molecule has 1 heterocycles. The Morgan fingerprint density at radius 3 is 2.88 bits per heavy atom. The fraction of sp³-hybridized carbons (Fsp3) is 0.769. The molecule has 1 aromatic rings. The summed E-state index contributed by atoms with van der Waals surface area (Å²) in [6.45, 7) is 7.60. The lowest BCUT2D eigenvalue weighted by molar-refractivity contribution is 0.284. The molecule has 0 amide bonds. The molecule has 90 valence electrons. The van der Waals surface area contributed by atoms with Crippen LogP contribution in [0.2, 0.25) is 0 Å². The Balaban J connectivity index is 2.01. The molecule has 0 spiro atoms. The summed E-state index contributed by atoms with van der Waals surface area (Å²) in [5.74, 6) is 1.91. The van der Waals surface area contributed by atoms with Gasteiger partial charge in [-0.05, 0) is 39.0 Å². The average molecular weight is 221 g/mol. The highest BCUT2D eigenvalue weighted by Gasteiger charge is 2.24. The highest BCUT2D eigenvalue weighted by Crippen LogP contribution is 2.30. The fourth-order valence-electron chi connectivity index (χ4n) is 2.33. The summed E-state index contributed by atoms with van der Waals surface area (Å²) in [7, 11) is 0. The van der Waals surface area contributed by atoms with Crippen LogP contribution in [0.15, 0.2) is 6.20 Å². The first-order valence-corrected chi connectivity index (χ1v) is 6.51. The van der Waals surface area contributed by atoms with E-state index in [0.717, 1.165) is 30.5 Å². The van der Waals surface area contributed by atoms with E-state index < -0.39 is 0 Å². The fourth-order valence-corrected chi connectivity index (χ4v) is 2.33. The lowest BCUT2D eigenvalue weighted by Gasteiger charge is -2.32. The summed E-state index contributed by atoms with van der Waals surface area (Å²) in [6.07, 6.45) is 7.45. The van der Waals surface area contributed by atoms with Gasteiger partial charge in [-0.2, -0.15) is 0 Å². The molecule has 0 saturated heterocycles. The summed E-state index contributed by atoms with van der Waals surface area (Å²) < 4.78 is 2.24. The van der Waals surface area contributed by atoms with Crippen molar-refractivity contribution < 1.29 is 0 Å². The molecule has 1 aromatic heterocycles. The van der Waals surface area contributed by atoms with Gasteiger partial charge >= 0.3 is 0 Å². The maximum atomic E-state index is 4.56. The van der Waals surface area contributed by atoms with E-state index in [4.69, 9.17) is 0 Å². The Bertz CT molecular complexity index is 339. The van der Waals surface area contributed by atoms with Crippen molar-refractivity contribution in [3.8, 4) is 0 Å². The molecule has 1 aliphatic carbocycles. The Labute approximate surface area is 98.3 Å². The summed E-state index contributed by atoms with van der Waals surface area (Å²) in [5.41, 5.74) is 1.11. The summed E-state index contributed by atoms with van der Waals surface area (Å²) in [5, 5.41) is 3.57. The molecule has 1 fully saturated rings. The number of hydrogen-bond acceptors (Lipinski definition) is 2. The van der Waals surface area contributed by atoms with Crippen LogP contribution >= 0.6 is 0 Å². The van der Waals surface area contributed by atoms with E-state index >= 15 is 0 Å². The number of rotatable bonds is 5. The van der Waals surface area contributed by atoms with E-state index in [1.165, 1.54) is 19.3 Å². The Morgan fingerprint density at radius 2 is 2.31 bits per heavy atom. The van der Waals surface area contributed by atoms with Gasteiger partial charge in [0.1, 0.15) is 0 Å². The van der Waals surface area contributed by atoms with Crippen LogP contribution < -0.4 is 5.32 Å². The van der Waals surface area contributed by atoms with Crippen LogP contribution in [0, 0.1) is 12.8 Å². The lowest BCUT2D eigenvalue weighted by Crippen LogP contribution is -2.31. The zero-order valence-electron chi connectivity index (χ0n) is 10.7. The smallest absolute Gasteiger partial charge is 0.203 e. The van der Waals surface area contributed by atoms with E-state index in [2.05, 4.69) is 41.8 Å². The number of nitrogens with zero attached hydrogens (tertiary/aromatic N) is 2. The summed E-state index contributed by atoms with van der Waals surface area (Å²) in [4.78, 5) is 4.56. The Kier molecular flexibility index (Phi) is 3.52. The van der Waals surface area contributed by atoms with Crippen molar-refractivity contribution in [2.24, 2.45) is 5.92 Å². The molecule has 3 heteroatoms. The highest BCUT2D eigenvalue weighted by molar-refractivity contribution is 5.30. The molecule has 2 rings (SSSR count). The molecular formula is C13H23N3. The van der Waals surface area contributed by atoms with Gasteiger partial charge in [0.15, 0.2) is 0 Å².